The molecule has 0 aromatic heterocycles. The molecule has 0 spiro atoms. The summed E-state index contributed by atoms with van der Waals surface area (Å²) in [7, 11) is 0. The topological polar surface area (TPSA) is 0 Å². The van der Waals surface area contributed by atoms with Crippen molar-refractivity contribution in [3.05, 3.63) is 72.4 Å². The number of allylic oxidation sites excluding steroid dienone is 5. The lowest BCUT2D eigenvalue weighted by Gasteiger charge is -2.37. The van der Waals surface area contributed by atoms with Gasteiger partial charge < -0.3 is 0 Å². The summed E-state index contributed by atoms with van der Waals surface area (Å²) in [4.78, 5) is 0. The third-order valence-electron chi connectivity index (χ3n) is 5.73. The van der Waals surface area contributed by atoms with Gasteiger partial charge in [0.1, 0.15) is 0 Å². The molecule has 1 aromatic carbocycles. The van der Waals surface area contributed by atoms with Gasteiger partial charge in [-0.05, 0) is 30.9 Å². The average molecular weight is 337 g/mol. The summed E-state index contributed by atoms with van der Waals surface area (Å²) in [6.07, 6.45) is 23.7. The molecular weight excluding hydrogens is 300 g/mol. The molecule has 0 aliphatic heterocycles. The molecule has 1 aromatic rings. The van der Waals surface area contributed by atoms with Crippen LogP contribution in [0.3, 0.4) is 0 Å². The normalized spacial score (nSPS) is 20.6. The van der Waals surface area contributed by atoms with Gasteiger partial charge in [-0.3, -0.25) is 0 Å². The van der Waals surface area contributed by atoms with E-state index in [0.29, 0.717) is 0 Å². The highest BCUT2D eigenvalue weighted by Gasteiger charge is 2.33. The molecule has 0 amide bonds. The molecule has 0 nitrogen and oxygen atoms in total. The van der Waals surface area contributed by atoms with Gasteiger partial charge in [0.25, 0.3) is 0 Å². The van der Waals surface area contributed by atoms with Gasteiger partial charge in [-0.25, -0.2) is 0 Å². The Hall–Kier alpha value is -1.56. The van der Waals surface area contributed by atoms with Crippen LogP contribution in [-0.4, -0.2) is 0 Å². The van der Waals surface area contributed by atoms with E-state index in [-0.39, 0.29) is 5.41 Å². The van der Waals surface area contributed by atoms with E-state index in [1.807, 2.05) is 6.08 Å². The molecule has 1 fully saturated rings. The highest BCUT2D eigenvalue weighted by Crippen LogP contribution is 2.43. The quantitative estimate of drug-likeness (QED) is 0.490. The van der Waals surface area contributed by atoms with Crippen molar-refractivity contribution in [2.24, 2.45) is 0 Å². The van der Waals surface area contributed by atoms with E-state index in [4.69, 9.17) is 0 Å². The minimum absolute atomic E-state index is 0.140. The third-order valence-corrected chi connectivity index (χ3v) is 5.73. The Balaban J connectivity index is 2.41. The number of rotatable bonds is 4. The van der Waals surface area contributed by atoms with Crippen molar-refractivity contribution in [2.75, 3.05) is 0 Å². The van der Waals surface area contributed by atoms with Crippen molar-refractivity contribution in [1.82, 2.24) is 0 Å². The van der Waals surface area contributed by atoms with Crippen LogP contribution in [0.25, 0.3) is 0 Å². The van der Waals surface area contributed by atoms with Crippen LogP contribution in [0.2, 0.25) is 0 Å². The van der Waals surface area contributed by atoms with Crippen LogP contribution in [0.5, 0.6) is 0 Å². The van der Waals surface area contributed by atoms with Crippen LogP contribution >= 0.6 is 0 Å². The number of benzene rings is 1. The van der Waals surface area contributed by atoms with Gasteiger partial charge in [0.15, 0.2) is 0 Å². The monoisotopic (exact) mass is 336 g/mol. The molecule has 0 saturated heterocycles. The molecule has 0 bridgehead atoms. The maximum Gasteiger partial charge on any atom is 0.0202 e. The second-order valence-corrected chi connectivity index (χ2v) is 7.49. The van der Waals surface area contributed by atoms with Crippen molar-refractivity contribution in [1.29, 1.82) is 0 Å². The van der Waals surface area contributed by atoms with Crippen LogP contribution in [-0.2, 0) is 5.41 Å². The lowest BCUT2D eigenvalue weighted by Crippen LogP contribution is -2.28. The van der Waals surface area contributed by atoms with Crippen molar-refractivity contribution in [3.8, 4) is 0 Å². The maximum absolute atomic E-state index is 3.99. The fourth-order valence-corrected chi connectivity index (χ4v) is 4.40. The minimum atomic E-state index is 0.140. The summed E-state index contributed by atoms with van der Waals surface area (Å²) >= 11 is 0. The van der Waals surface area contributed by atoms with Gasteiger partial charge in [-0.1, -0.05) is 119 Å². The predicted molar refractivity (Wildman–Crippen MR) is 112 cm³/mol. The van der Waals surface area contributed by atoms with E-state index in [1.165, 1.54) is 81.8 Å². The van der Waals surface area contributed by atoms with Gasteiger partial charge in [0, 0.05) is 5.41 Å². The summed E-state index contributed by atoms with van der Waals surface area (Å²) in [5.41, 5.74) is 3.06. The SMILES string of the molecule is C=C/C=C(\C=C/C)C1(c2ccccc2)CCCCCCCCCCC1. The van der Waals surface area contributed by atoms with Gasteiger partial charge in [-0.15, -0.1) is 0 Å². The minimum Gasteiger partial charge on any atom is -0.0991 e. The van der Waals surface area contributed by atoms with E-state index in [2.05, 4.69) is 62.1 Å². The second kappa shape index (κ2) is 11.1. The lowest BCUT2D eigenvalue weighted by atomic mass is 9.67. The van der Waals surface area contributed by atoms with E-state index >= 15 is 0 Å². The molecule has 1 saturated carbocycles. The average Bonchev–Trinajstić information content (AvgIpc) is 2.63. The zero-order valence-electron chi connectivity index (χ0n) is 16.2. The Bertz CT molecular complexity index is 535. The van der Waals surface area contributed by atoms with Crippen molar-refractivity contribution >= 4 is 0 Å². The Labute approximate surface area is 155 Å². The molecule has 2 rings (SSSR count). The van der Waals surface area contributed by atoms with E-state index in [1.54, 1.807) is 0 Å². The highest BCUT2D eigenvalue weighted by atomic mass is 14.4. The Morgan fingerprint density at radius 1 is 0.840 bits per heavy atom. The van der Waals surface area contributed by atoms with Crippen molar-refractivity contribution in [2.45, 2.75) is 83.0 Å². The first kappa shape index (κ1) is 19.8. The maximum atomic E-state index is 3.99. The van der Waals surface area contributed by atoms with Gasteiger partial charge in [0.2, 0.25) is 0 Å². The zero-order chi connectivity index (χ0) is 17.8. The van der Waals surface area contributed by atoms with E-state index < -0.39 is 0 Å². The number of hydrogen-bond acceptors (Lipinski definition) is 0. The molecule has 1 aliphatic rings. The first-order valence-corrected chi connectivity index (χ1v) is 10.3. The van der Waals surface area contributed by atoms with Crippen LogP contribution in [0.4, 0.5) is 0 Å². The molecule has 0 heteroatoms. The lowest BCUT2D eigenvalue weighted by molar-refractivity contribution is 0.382. The van der Waals surface area contributed by atoms with Crippen LogP contribution < -0.4 is 0 Å². The van der Waals surface area contributed by atoms with Crippen LogP contribution in [0.1, 0.15) is 83.1 Å². The first-order valence-electron chi connectivity index (χ1n) is 10.3. The largest absolute Gasteiger partial charge is 0.0991 e. The predicted octanol–water partition coefficient (Wildman–Crippen LogP) is 7.92. The fraction of sp³-hybridized carbons (Fsp3) is 0.520. The van der Waals surface area contributed by atoms with Crippen molar-refractivity contribution < 1.29 is 0 Å². The molecule has 0 atom stereocenters. The van der Waals surface area contributed by atoms with Crippen LogP contribution in [0.15, 0.2) is 66.8 Å². The smallest absolute Gasteiger partial charge is 0.0202 e. The Kier molecular flexibility index (Phi) is 8.80. The highest BCUT2D eigenvalue weighted by molar-refractivity contribution is 5.43. The Morgan fingerprint density at radius 3 is 1.84 bits per heavy atom. The standard InChI is InChI=1S/C25H36/c1-3-17-23(18-4-2)25(24-19-13-12-14-20-24)21-15-10-8-6-5-7-9-11-16-22-25/h3-4,12-14,17-20H,1,5-11,15-16,21-22H2,2H3/b18-4-,23-17+. The number of hydrogen-bond donors (Lipinski definition) is 0. The second-order valence-electron chi connectivity index (χ2n) is 7.49. The van der Waals surface area contributed by atoms with Gasteiger partial charge in [0.05, 0.1) is 0 Å². The molecular formula is C25H36. The van der Waals surface area contributed by atoms with Crippen molar-refractivity contribution in [3.63, 3.8) is 0 Å². The summed E-state index contributed by atoms with van der Waals surface area (Å²) in [6, 6.07) is 11.2. The summed E-state index contributed by atoms with van der Waals surface area (Å²) < 4.78 is 0. The molecule has 0 radical (unpaired) electrons. The van der Waals surface area contributed by atoms with Gasteiger partial charge >= 0.3 is 0 Å². The summed E-state index contributed by atoms with van der Waals surface area (Å²) in [6.45, 7) is 6.12. The fourth-order valence-electron chi connectivity index (χ4n) is 4.40. The van der Waals surface area contributed by atoms with Gasteiger partial charge in [-0.2, -0.15) is 0 Å². The zero-order valence-corrected chi connectivity index (χ0v) is 16.2. The molecule has 25 heavy (non-hydrogen) atoms. The summed E-state index contributed by atoms with van der Waals surface area (Å²) in [5, 5.41) is 0. The third kappa shape index (κ3) is 5.73. The van der Waals surface area contributed by atoms with E-state index in [0.717, 1.165) is 0 Å². The molecule has 0 heterocycles. The van der Waals surface area contributed by atoms with Crippen LogP contribution in [0, 0.1) is 0 Å². The Morgan fingerprint density at radius 2 is 1.36 bits per heavy atom. The molecule has 0 unspecified atom stereocenters. The van der Waals surface area contributed by atoms with E-state index in [9.17, 15) is 0 Å². The molecule has 0 N–H and O–H groups in total. The summed E-state index contributed by atoms with van der Waals surface area (Å²) in [5.74, 6) is 0. The molecule has 136 valence electrons. The first-order chi connectivity index (χ1) is 12.3. The molecule has 1 aliphatic carbocycles.